The van der Waals surface area contributed by atoms with Crippen molar-refractivity contribution in [3.8, 4) is 17.2 Å². The normalized spacial score (nSPS) is 11.0. The summed E-state index contributed by atoms with van der Waals surface area (Å²) in [6.45, 7) is 3.91. The number of pyridine rings is 1. The number of anilines is 1. The van der Waals surface area contributed by atoms with Crippen LogP contribution in [0.4, 0.5) is 5.82 Å². The Balaban J connectivity index is 2.13. The third-order valence-electron chi connectivity index (χ3n) is 4.22. The van der Waals surface area contributed by atoms with Gasteiger partial charge >= 0.3 is 0 Å². The van der Waals surface area contributed by atoms with Crippen molar-refractivity contribution in [3.63, 3.8) is 0 Å². The van der Waals surface area contributed by atoms with Crippen LogP contribution in [-0.4, -0.2) is 52.9 Å². The van der Waals surface area contributed by atoms with E-state index in [2.05, 4.69) is 26.7 Å². The number of rotatable bonds is 9. The number of aromatic nitrogens is 1. The zero-order valence-corrected chi connectivity index (χ0v) is 18.1. The molecule has 0 aliphatic rings. The first-order chi connectivity index (χ1) is 14.0. The number of ether oxygens (including phenoxy) is 3. The van der Waals surface area contributed by atoms with Gasteiger partial charge in [0.25, 0.3) is 0 Å². The molecule has 158 valence electrons. The largest absolute Gasteiger partial charge is 0.493 e. The Kier molecular flexibility index (Phi) is 8.39. The fraction of sp³-hybridized carbons (Fsp3) is 0.429. The van der Waals surface area contributed by atoms with Crippen molar-refractivity contribution in [3.05, 3.63) is 41.6 Å². The lowest BCUT2D eigenvalue weighted by atomic mass is 10.2. The van der Waals surface area contributed by atoms with Crippen molar-refractivity contribution in [2.24, 2.45) is 4.99 Å². The van der Waals surface area contributed by atoms with Gasteiger partial charge in [-0.15, -0.1) is 0 Å². The molecule has 8 heteroatoms. The topological polar surface area (TPSA) is 80.2 Å². The van der Waals surface area contributed by atoms with E-state index in [1.807, 2.05) is 50.3 Å². The van der Waals surface area contributed by atoms with Gasteiger partial charge in [0.1, 0.15) is 5.82 Å². The first-order valence-corrected chi connectivity index (χ1v) is 9.45. The lowest BCUT2D eigenvalue weighted by Gasteiger charge is -2.15. The molecule has 0 spiro atoms. The van der Waals surface area contributed by atoms with Crippen molar-refractivity contribution < 1.29 is 14.2 Å². The molecule has 0 fully saturated rings. The highest BCUT2D eigenvalue weighted by Crippen LogP contribution is 2.38. The molecule has 0 aliphatic heterocycles. The van der Waals surface area contributed by atoms with E-state index in [0.717, 1.165) is 29.4 Å². The van der Waals surface area contributed by atoms with Gasteiger partial charge in [0, 0.05) is 33.4 Å². The van der Waals surface area contributed by atoms with Crippen LogP contribution in [0.15, 0.2) is 35.5 Å². The maximum atomic E-state index is 5.41. The predicted octanol–water partition coefficient (Wildman–Crippen LogP) is 2.43. The highest BCUT2D eigenvalue weighted by Gasteiger charge is 2.13. The molecular weight excluding hydrogens is 370 g/mol. The highest BCUT2D eigenvalue weighted by atomic mass is 16.5. The zero-order chi connectivity index (χ0) is 21.2. The van der Waals surface area contributed by atoms with Gasteiger partial charge in [0.05, 0.1) is 27.9 Å². The summed E-state index contributed by atoms with van der Waals surface area (Å²) in [7, 11) is 8.75. The molecule has 1 aromatic heterocycles. The molecule has 1 heterocycles. The summed E-state index contributed by atoms with van der Waals surface area (Å²) in [5.41, 5.74) is 2.08. The Morgan fingerprint density at radius 3 is 2.24 bits per heavy atom. The van der Waals surface area contributed by atoms with Crippen LogP contribution >= 0.6 is 0 Å². The van der Waals surface area contributed by atoms with E-state index >= 15 is 0 Å². The van der Waals surface area contributed by atoms with E-state index in [1.165, 1.54) is 0 Å². The Hall–Kier alpha value is -3.16. The van der Waals surface area contributed by atoms with Crippen LogP contribution < -0.4 is 29.7 Å². The van der Waals surface area contributed by atoms with Crippen molar-refractivity contribution in [1.82, 2.24) is 15.6 Å². The minimum absolute atomic E-state index is 0.464. The summed E-state index contributed by atoms with van der Waals surface area (Å²) in [5, 5.41) is 6.62. The Morgan fingerprint density at radius 1 is 1.00 bits per heavy atom. The minimum atomic E-state index is 0.464. The first kappa shape index (κ1) is 22.1. The predicted molar refractivity (Wildman–Crippen MR) is 116 cm³/mol. The molecule has 0 unspecified atom stereocenters. The van der Waals surface area contributed by atoms with E-state index in [0.29, 0.717) is 30.3 Å². The Bertz CT molecular complexity index is 799. The zero-order valence-electron chi connectivity index (χ0n) is 18.1. The van der Waals surface area contributed by atoms with Gasteiger partial charge in [0.2, 0.25) is 5.75 Å². The molecule has 0 saturated heterocycles. The van der Waals surface area contributed by atoms with Crippen LogP contribution in [0, 0.1) is 0 Å². The number of hydrogen-bond acceptors (Lipinski definition) is 6. The lowest BCUT2D eigenvalue weighted by molar-refractivity contribution is 0.324. The molecule has 0 saturated carbocycles. The third kappa shape index (κ3) is 6.17. The van der Waals surface area contributed by atoms with Crippen LogP contribution in [-0.2, 0) is 13.1 Å². The van der Waals surface area contributed by atoms with Crippen LogP contribution in [0.5, 0.6) is 17.2 Å². The summed E-state index contributed by atoms with van der Waals surface area (Å²) in [6, 6.07) is 7.85. The fourth-order valence-electron chi connectivity index (χ4n) is 2.74. The molecule has 0 radical (unpaired) electrons. The van der Waals surface area contributed by atoms with Crippen molar-refractivity contribution in [2.45, 2.75) is 20.0 Å². The van der Waals surface area contributed by atoms with E-state index in [4.69, 9.17) is 14.2 Å². The van der Waals surface area contributed by atoms with E-state index in [-0.39, 0.29) is 0 Å². The molecule has 0 aliphatic carbocycles. The minimum Gasteiger partial charge on any atom is -0.493 e. The lowest BCUT2D eigenvalue weighted by Crippen LogP contribution is -2.36. The standard InChI is InChI=1S/C21H31N5O3/c1-7-22-21(24-13-15-8-9-23-19(12-15)26(2)3)25-14-16-10-17(27-4)20(29-6)18(11-16)28-5/h8-12H,7,13-14H2,1-6H3,(H2,22,24,25). The van der Waals surface area contributed by atoms with Gasteiger partial charge in [-0.05, 0) is 42.3 Å². The average molecular weight is 402 g/mol. The smallest absolute Gasteiger partial charge is 0.203 e. The molecule has 0 atom stereocenters. The summed E-state index contributed by atoms with van der Waals surface area (Å²) < 4.78 is 16.2. The molecule has 2 rings (SSSR count). The maximum Gasteiger partial charge on any atom is 0.203 e. The summed E-state index contributed by atoms with van der Waals surface area (Å²) in [5.74, 6) is 3.45. The average Bonchev–Trinajstić information content (AvgIpc) is 2.74. The van der Waals surface area contributed by atoms with Crippen LogP contribution in [0.1, 0.15) is 18.1 Å². The number of benzene rings is 1. The monoisotopic (exact) mass is 401 g/mol. The molecule has 0 bridgehead atoms. The van der Waals surface area contributed by atoms with Crippen LogP contribution in [0.3, 0.4) is 0 Å². The second-order valence-corrected chi connectivity index (χ2v) is 6.50. The van der Waals surface area contributed by atoms with Crippen LogP contribution in [0.2, 0.25) is 0 Å². The molecule has 0 amide bonds. The quantitative estimate of drug-likeness (QED) is 0.493. The Morgan fingerprint density at radius 2 is 1.69 bits per heavy atom. The number of hydrogen-bond donors (Lipinski definition) is 2. The van der Waals surface area contributed by atoms with Gasteiger partial charge in [-0.1, -0.05) is 0 Å². The summed E-state index contributed by atoms with van der Waals surface area (Å²) in [6.07, 6.45) is 1.81. The first-order valence-electron chi connectivity index (χ1n) is 9.45. The molecule has 2 aromatic rings. The highest BCUT2D eigenvalue weighted by molar-refractivity contribution is 5.79. The number of nitrogens with one attached hydrogen (secondary N) is 2. The van der Waals surface area contributed by atoms with Crippen molar-refractivity contribution in [1.29, 1.82) is 0 Å². The fourth-order valence-corrected chi connectivity index (χ4v) is 2.74. The summed E-state index contributed by atoms with van der Waals surface area (Å²) in [4.78, 5) is 11.0. The van der Waals surface area contributed by atoms with Gasteiger partial charge < -0.3 is 29.7 Å². The van der Waals surface area contributed by atoms with E-state index < -0.39 is 0 Å². The number of guanidine groups is 1. The van der Waals surface area contributed by atoms with Gasteiger partial charge in [0.15, 0.2) is 17.5 Å². The van der Waals surface area contributed by atoms with Crippen LogP contribution in [0.25, 0.3) is 0 Å². The van der Waals surface area contributed by atoms with E-state index in [1.54, 1.807) is 21.3 Å². The molecule has 1 aromatic carbocycles. The summed E-state index contributed by atoms with van der Waals surface area (Å²) >= 11 is 0. The second kappa shape index (κ2) is 11.0. The van der Waals surface area contributed by atoms with E-state index in [9.17, 15) is 0 Å². The van der Waals surface area contributed by atoms with Crippen molar-refractivity contribution >= 4 is 11.8 Å². The molecule has 2 N–H and O–H groups in total. The number of methoxy groups -OCH3 is 3. The Labute approximate surface area is 172 Å². The third-order valence-corrected chi connectivity index (χ3v) is 4.22. The molecule has 29 heavy (non-hydrogen) atoms. The molecule has 8 nitrogen and oxygen atoms in total. The van der Waals surface area contributed by atoms with Gasteiger partial charge in [-0.25, -0.2) is 9.98 Å². The van der Waals surface area contributed by atoms with Crippen molar-refractivity contribution in [2.75, 3.05) is 46.9 Å². The molecular formula is C21H31N5O3. The SMILES string of the molecule is CCNC(=NCc1cc(OC)c(OC)c(OC)c1)NCc1ccnc(N(C)C)c1. The maximum absolute atomic E-state index is 5.41. The number of aliphatic imine (C=N–C) groups is 1. The second-order valence-electron chi connectivity index (χ2n) is 6.50. The number of nitrogens with zero attached hydrogens (tertiary/aromatic N) is 3. The van der Waals surface area contributed by atoms with Gasteiger partial charge in [-0.3, -0.25) is 0 Å². The van der Waals surface area contributed by atoms with Gasteiger partial charge in [-0.2, -0.15) is 0 Å².